The van der Waals surface area contributed by atoms with Crippen LogP contribution >= 0.6 is 0 Å². The Balaban J connectivity index is 2.03. The zero-order valence-corrected chi connectivity index (χ0v) is 14.0. The van der Waals surface area contributed by atoms with Crippen LogP contribution in [-0.2, 0) is 6.54 Å². The van der Waals surface area contributed by atoms with E-state index in [9.17, 15) is 0 Å². The summed E-state index contributed by atoms with van der Waals surface area (Å²) < 4.78 is 2.22. The molecule has 1 aromatic carbocycles. The van der Waals surface area contributed by atoms with E-state index >= 15 is 0 Å². The summed E-state index contributed by atoms with van der Waals surface area (Å²) in [6, 6.07) is 13.1. The highest BCUT2D eigenvalue weighted by Gasteiger charge is 2.00. The van der Waals surface area contributed by atoms with Gasteiger partial charge in [-0.15, -0.1) is 0 Å². The van der Waals surface area contributed by atoms with Gasteiger partial charge in [0.2, 0.25) is 0 Å². The molecular weight excluding hydrogens is 268 g/mol. The second-order valence-corrected chi connectivity index (χ2v) is 5.47. The predicted octanol–water partition coefficient (Wildman–Crippen LogP) is 4.40. The fourth-order valence-electron chi connectivity index (χ4n) is 2.56. The van der Waals surface area contributed by atoms with Crippen molar-refractivity contribution in [3.8, 4) is 0 Å². The van der Waals surface area contributed by atoms with Gasteiger partial charge in [-0.1, -0.05) is 31.2 Å². The maximum absolute atomic E-state index is 2.36. The van der Waals surface area contributed by atoms with Gasteiger partial charge in [0.05, 0.1) is 0 Å². The Labute approximate surface area is 134 Å². The topological polar surface area (TPSA) is 7.12 Å². The average Bonchev–Trinajstić information content (AvgIpc) is 2.57. The zero-order valence-electron chi connectivity index (χ0n) is 14.0. The van der Waals surface area contributed by atoms with Crippen LogP contribution in [-0.4, -0.2) is 13.1 Å². The molecule has 2 aromatic rings. The van der Waals surface area contributed by atoms with Crippen LogP contribution in [0.2, 0.25) is 0 Å². The quantitative estimate of drug-likeness (QED) is 0.687. The van der Waals surface area contributed by atoms with E-state index in [0.29, 0.717) is 0 Å². The molecule has 2 rings (SSSR count). The van der Waals surface area contributed by atoms with Gasteiger partial charge in [0.25, 0.3) is 0 Å². The van der Waals surface area contributed by atoms with Crippen LogP contribution in [0.5, 0.6) is 0 Å². The summed E-state index contributed by atoms with van der Waals surface area (Å²) in [5.74, 6) is 0. The lowest BCUT2D eigenvalue weighted by atomic mass is 10.1. The monoisotopic (exact) mass is 295 g/mol. The fourth-order valence-corrected chi connectivity index (χ4v) is 2.56. The normalized spacial score (nSPS) is 11.0. The molecule has 0 spiro atoms. The molecule has 1 aromatic heterocycles. The van der Waals surface area contributed by atoms with E-state index in [4.69, 9.17) is 0 Å². The predicted molar refractivity (Wildman–Crippen MR) is 95.9 cm³/mol. The molecular formula is C20H27N2+. The second kappa shape index (κ2) is 8.38. The number of hydrogen-bond donors (Lipinski definition) is 0. The maximum atomic E-state index is 2.36. The van der Waals surface area contributed by atoms with Crippen LogP contribution in [0, 0.1) is 0 Å². The van der Waals surface area contributed by atoms with Gasteiger partial charge in [-0.3, -0.25) is 0 Å². The van der Waals surface area contributed by atoms with Crippen LogP contribution < -0.4 is 9.47 Å². The van der Waals surface area contributed by atoms with E-state index < -0.39 is 0 Å². The summed E-state index contributed by atoms with van der Waals surface area (Å²) in [4.78, 5) is 2.36. The van der Waals surface area contributed by atoms with Crippen LogP contribution in [0.3, 0.4) is 0 Å². The minimum atomic E-state index is 1.05. The lowest BCUT2D eigenvalue weighted by Crippen LogP contribution is -2.31. The van der Waals surface area contributed by atoms with Crippen molar-refractivity contribution >= 4 is 17.8 Å². The van der Waals surface area contributed by atoms with Crippen LogP contribution in [0.25, 0.3) is 12.2 Å². The molecule has 2 nitrogen and oxygen atoms in total. The molecule has 0 radical (unpaired) electrons. The standard InChI is InChI=1S/C20H27N2/c1-4-15-21-16-13-19(14-17-21)8-7-18-9-11-20(12-10-18)22(5-2)6-3/h7-14,16-17H,4-6,15H2,1-3H3/q+1. The lowest BCUT2D eigenvalue weighted by Gasteiger charge is -2.20. The first kappa shape index (κ1) is 16.3. The molecule has 0 aliphatic carbocycles. The fraction of sp³-hybridized carbons (Fsp3) is 0.350. The first-order chi connectivity index (χ1) is 10.8. The Morgan fingerprint density at radius 2 is 1.36 bits per heavy atom. The first-order valence-electron chi connectivity index (χ1n) is 8.29. The van der Waals surface area contributed by atoms with Crippen molar-refractivity contribution in [2.75, 3.05) is 18.0 Å². The van der Waals surface area contributed by atoms with Gasteiger partial charge in [-0.2, -0.15) is 0 Å². The number of nitrogens with zero attached hydrogens (tertiary/aromatic N) is 2. The summed E-state index contributed by atoms with van der Waals surface area (Å²) in [6.45, 7) is 9.76. The average molecular weight is 295 g/mol. The highest BCUT2D eigenvalue weighted by atomic mass is 15.1. The number of pyridine rings is 1. The third kappa shape index (κ3) is 4.45. The Bertz CT molecular complexity index is 578. The number of aromatic nitrogens is 1. The summed E-state index contributed by atoms with van der Waals surface area (Å²) in [5, 5.41) is 0. The van der Waals surface area contributed by atoms with E-state index in [-0.39, 0.29) is 0 Å². The number of anilines is 1. The van der Waals surface area contributed by atoms with Gasteiger partial charge in [0, 0.05) is 37.3 Å². The number of benzene rings is 1. The molecule has 1 heterocycles. The van der Waals surface area contributed by atoms with Crippen molar-refractivity contribution in [2.45, 2.75) is 33.7 Å². The van der Waals surface area contributed by atoms with Crippen LogP contribution in [0.15, 0.2) is 48.8 Å². The third-order valence-electron chi connectivity index (χ3n) is 3.89. The van der Waals surface area contributed by atoms with Crippen molar-refractivity contribution < 1.29 is 4.57 Å². The third-order valence-corrected chi connectivity index (χ3v) is 3.89. The van der Waals surface area contributed by atoms with Gasteiger partial charge in [0.1, 0.15) is 6.54 Å². The van der Waals surface area contributed by atoms with E-state index in [1.54, 1.807) is 0 Å². The van der Waals surface area contributed by atoms with E-state index in [1.807, 2.05) is 0 Å². The maximum Gasteiger partial charge on any atom is 0.169 e. The molecule has 0 saturated carbocycles. The molecule has 0 fully saturated rings. The molecule has 0 unspecified atom stereocenters. The van der Waals surface area contributed by atoms with Crippen molar-refractivity contribution in [1.82, 2.24) is 0 Å². The van der Waals surface area contributed by atoms with E-state index in [1.165, 1.54) is 23.2 Å². The van der Waals surface area contributed by atoms with Crippen molar-refractivity contribution in [1.29, 1.82) is 0 Å². The molecule has 2 heteroatoms. The van der Waals surface area contributed by atoms with Gasteiger partial charge in [-0.05, 0) is 37.1 Å². The summed E-state index contributed by atoms with van der Waals surface area (Å²) in [7, 11) is 0. The minimum Gasteiger partial charge on any atom is -0.372 e. The smallest absolute Gasteiger partial charge is 0.169 e. The van der Waals surface area contributed by atoms with E-state index in [2.05, 4.69) is 91.2 Å². The number of hydrogen-bond acceptors (Lipinski definition) is 1. The van der Waals surface area contributed by atoms with Gasteiger partial charge >= 0.3 is 0 Å². The molecule has 0 atom stereocenters. The summed E-state index contributed by atoms with van der Waals surface area (Å²) in [5.41, 5.74) is 3.77. The SMILES string of the molecule is CCC[n+]1ccc(C=Cc2ccc(N(CC)CC)cc2)cc1. The van der Waals surface area contributed by atoms with Gasteiger partial charge < -0.3 is 4.90 Å². The highest BCUT2D eigenvalue weighted by molar-refractivity contribution is 5.70. The lowest BCUT2D eigenvalue weighted by molar-refractivity contribution is -0.697. The molecule has 0 amide bonds. The molecule has 0 N–H and O–H groups in total. The molecule has 0 saturated heterocycles. The largest absolute Gasteiger partial charge is 0.372 e. The molecule has 116 valence electrons. The van der Waals surface area contributed by atoms with Gasteiger partial charge in [0.15, 0.2) is 12.4 Å². The highest BCUT2D eigenvalue weighted by Crippen LogP contribution is 2.16. The van der Waals surface area contributed by atoms with Crippen LogP contribution in [0.1, 0.15) is 38.3 Å². The number of rotatable bonds is 7. The second-order valence-electron chi connectivity index (χ2n) is 5.47. The Morgan fingerprint density at radius 1 is 0.818 bits per heavy atom. The zero-order chi connectivity index (χ0) is 15.8. The van der Waals surface area contributed by atoms with Gasteiger partial charge in [-0.25, -0.2) is 4.57 Å². The van der Waals surface area contributed by atoms with Crippen molar-refractivity contribution in [2.24, 2.45) is 0 Å². The Kier molecular flexibility index (Phi) is 6.20. The molecule has 0 aliphatic heterocycles. The van der Waals surface area contributed by atoms with Crippen molar-refractivity contribution in [3.63, 3.8) is 0 Å². The first-order valence-corrected chi connectivity index (χ1v) is 8.29. The molecule has 0 bridgehead atoms. The summed E-state index contributed by atoms with van der Waals surface area (Å²) in [6.07, 6.45) is 9.80. The van der Waals surface area contributed by atoms with E-state index in [0.717, 1.165) is 19.6 Å². The number of aryl methyl sites for hydroxylation is 1. The molecule has 22 heavy (non-hydrogen) atoms. The van der Waals surface area contributed by atoms with Crippen molar-refractivity contribution in [3.05, 3.63) is 59.9 Å². The minimum absolute atomic E-state index is 1.05. The Morgan fingerprint density at radius 3 is 1.86 bits per heavy atom. The Hall–Kier alpha value is -2.09. The molecule has 0 aliphatic rings. The summed E-state index contributed by atoms with van der Waals surface area (Å²) >= 11 is 0. The van der Waals surface area contributed by atoms with Crippen LogP contribution in [0.4, 0.5) is 5.69 Å².